The van der Waals surface area contributed by atoms with Crippen LogP contribution >= 0.6 is 11.3 Å². The second kappa shape index (κ2) is 11.4. The fourth-order valence-corrected chi connectivity index (χ4v) is 5.78. The van der Waals surface area contributed by atoms with Crippen molar-refractivity contribution in [3.63, 3.8) is 0 Å². The van der Waals surface area contributed by atoms with E-state index >= 15 is 0 Å². The van der Waals surface area contributed by atoms with Crippen molar-refractivity contribution in [2.45, 2.75) is 65.8 Å². The zero-order valence-electron chi connectivity index (χ0n) is 23.8. The predicted molar refractivity (Wildman–Crippen MR) is 159 cm³/mol. The van der Waals surface area contributed by atoms with Crippen molar-refractivity contribution in [1.82, 2.24) is 24.9 Å². The van der Waals surface area contributed by atoms with Crippen LogP contribution in [0.4, 0.5) is 5.13 Å². The maximum Gasteiger partial charge on any atom is 0.223 e. The van der Waals surface area contributed by atoms with Gasteiger partial charge in [0.2, 0.25) is 5.91 Å². The molecule has 1 fully saturated rings. The number of nitrogens with one attached hydrogen (secondary N) is 1. The van der Waals surface area contributed by atoms with E-state index in [1.54, 1.807) is 10.9 Å². The van der Waals surface area contributed by atoms with E-state index in [9.17, 15) is 9.59 Å². The Morgan fingerprint density at radius 1 is 1.05 bits per heavy atom. The molecule has 0 unspecified atom stereocenters. The number of carbonyl (C=O) groups excluding carboxylic acids is 2. The van der Waals surface area contributed by atoms with Crippen LogP contribution < -0.4 is 5.32 Å². The lowest BCUT2D eigenvalue weighted by atomic mass is 9.84. The predicted octanol–water partition coefficient (Wildman–Crippen LogP) is 5.98. The van der Waals surface area contributed by atoms with E-state index < -0.39 is 0 Å². The van der Waals surface area contributed by atoms with Gasteiger partial charge in [-0.25, -0.2) is 9.67 Å². The number of ketones is 1. The van der Waals surface area contributed by atoms with Crippen molar-refractivity contribution in [2.24, 2.45) is 0 Å². The number of rotatable bonds is 8. The minimum Gasteiger partial charge on any atom is -0.302 e. The first-order valence-electron chi connectivity index (χ1n) is 13.7. The van der Waals surface area contributed by atoms with Gasteiger partial charge in [-0.05, 0) is 78.7 Å². The van der Waals surface area contributed by atoms with Crippen molar-refractivity contribution in [3.8, 4) is 16.3 Å². The van der Waals surface area contributed by atoms with Gasteiger partial charge in [0.25, 0.3) is 0 Å². The molecular formula is C31H36N6O2S. The summed E-state index contributed by atoms with van der Waals surface area (Å²) in [7, 11) is 0. The van der Waals surface area contributed by atoms with Crippen LogP contribution in [0.1, 0.15) is 73.1 Å². The summed E-state index contributed by atoms with van der Waals surface area (Å²) in [6.45, 7) is 13.2. The van der Waals surface area contributed by atoms with Gasteiger partial charge < -0.3 is 5.32 Å². The van der Waals surface area contributed by atoms with Crippen molar-refractivity contribution >= 4 is 28.2 Å². The van der Waals surface area contributed by atoms with Gasteiger partial charge in [-0.3, -0.25) is 14.5 Å². The lowest BCUT2D eigenvalue weighted by molar-refractivity contribution is -0.114. The Morgan fingerprint density at radius 2 is 1.82 bits per heavy atom. The zero-order chi connectivity index (χ0) is 28.4. The summed E-state index contributed by atoms with van der Waals surface area (Å²) in [5.74, 6) is -0.0579. The van der Waals surface area contributed by atoms with Crippen LogP contribution in [0.15, 0.2) is 48.8 Å². The molecule has 0 saturated carbocycles. The second-order valence-corrected chi connectivity index (χ2v) is 12.7. The number of amides is 1. The Kier molecular flexibility index (Phi) is 7.96. The third-order valence-corrected chi connectivity index (χ3v) is 8.14. The highest BCUT2D eigenvalue weighted by atomic mass is 32.1. The van der Waals surface area contributed by atoms with Gasteiger partial charge in [-0.1, -0.05) is 55.5 Å². The number of aromatic nitrogens is 4. The van der Waals surface area contributed by atoms with Gasteiger partial charge in [0.1, 0.15) is 5.69 Å². The van der Waals surface area contributed by atoms with Crippen molar-refractivity contribution < 1.29 is 9.59 Å². The van der Waals surface area contributed by atoms with Gasteiger partial charge in [0, 0.05) is 31.6 Å². The molecule has 5 rings (SSSR count). The van der Waals surface area contributed by atoms with Gasteiger partial charge in [-0.15, -0.1) is 5.10 Å². The molecule has 1 saturated heterocycles. The van der Waals surface area contributed by atoms with Gasteiger partial charge in [-0.2, -0.15) is 0 Å². The van der Waals surface area contributed by atoms with Crippen LogP contribution in [0.5, 0.6) is 0 Å². The van der Waals surface area contributed by atoms with E-state index in [1.165, 1.54) is 42.2 Å². The topological polar surface area (TPSA) is 93.0 Å². The Bertz CT molecular complexity index is 1540. The smallest absolute Gasteiger partial charge is 0.223 e. The van der Waals surface area contributed by atoms with E-state index in [4.69, 9.17) is 0 Å². The van der Waals surface area contributed by atoms with Crippen molar-refractivity contribution in [3.05, 3.63) is 76.6 Å². The number of likely N-dealkylation sites (tertiary alicyclic amines) is 1. The minimum atomic E-state index is -0.167. The van der Waals surface area contributed by atoms with E-state index in [-0.39, 0.29) is 17.1 Å². The maximum absolute atomic E-state index is 13.6. The number of nitrogens with zero attached hydrogens (tertiary/aromatic N) is 5. The highest BCUT2D eigenvalue weighted by Crippen LogP contribution is 2.29. The lowest BCUT2D eigenvalue weighted by Crippen LogP contribution is -2.20. The average molecular weight is 557 g/mol. The van der Waals surface area contributed by atoms with Crippen LogP contribution in [0.25, 0.3) is 16.3 Å². The summed E-state index contributed by atoms with van der Waals surface area (Å²) in [6.07, 6.45) is 6.32. The zero-order valence-corrected chi connectivity index (χ0v) is 24.6. The Labute approximate surface area is 239 Å². The average Bonchev–Trinajstić information content (AvgIpc) is 3.66. The number of anilines is 1. The van der Waals surface area contributed by atoms with Gasteiger partial charge in [0.05, 0.1) is 16.8 Å². The van der Waals surface area contributed by atoms with Crippen LogP contribution in [0.3, 0.4) is 0 Å². The summed E-state index contributed by atoms with van der Waals surface area (Å²) in [4.78, 5) is 32.4. The Morgan fingerprint density at radius 3 is 2.55 bits per heavy atom. The molecule has 0 atom stereocenters. The molecular weight excluding hydrogens is 520 g/mol. The molecule has 208 valence electrons. The molecule has 2 aromatic heterocycles. The maximum atomic E-state index is 13.6. The van der Waals surface area contributed by atoms with E-state index in [0.717, 1.165) is 46.9 Å². The molecule has 0 radical (unpaired) electrons. The molecule has 0 aliphatic carbocycles. The summed E-state index contributed by atoms with van der Waals surface area (Å²) >= 11 is 1.34. The van der Waals surface area contributed by atoms with Crippen LogP contribution in [-0.2, 0) is 23.2 Å². The summed E-state index contributed by atoms with van der Waals surface area (Å²) in [5.41, 5.74) is 6.62. The quantitative estimate of drug-likeness (QED) is 0.269. The first kappa shape index (κ1) is 27.9. The number of hydrogen-bond acceptors (Lipinski definition) is 7. The monoisotopic (exact) mass is 556 g/mol. The number of aryl methyl sites for hydroxylation is 1. The number of carbonyl (C=O) groups is 2. The normalized spacial score (nSPS) is 14.0. The molecule has 1 N–H and O–H groups in total. The largest absolute Gasteiger partial charge is 0.302 e. The standard InChI is InChI=1S/C31H36N6O2S/c1-20-8-9-22(14-27(20)37-19-26(34-35-37)29-17-32-30(40-29)33-21(2)38)15-28(39)24-12-23(18-36-10-6-7-11-36)13-25(16-24)31(3,4)5/h8-9,12-14,16-17,19H,6-7,10-11,15,18H2,1-5H3,(H,32,33,38). The molecule has 8 nitrogen and oxygen atoms in total. The van der Waals surface area contributed by atoms with Crippen LogP contribution in [0.2, 0.25) is 0 Å². The molecule has 4 aromatic rings. The first-order valence-corrected chi connectivity index (χ1v) is 14.5. The molecule has 0 bridgehead atoms. The molecule has 9 heteroatoms. The number of hydrogen-bond donors (Lipinski definition) is 1. The molecule has 1 aliphatic heterocycles. The summed E-state index contributed by atoms with van der Waals surface area (Å²) < 4.78 is 1.73. The molecule has 1 aliphatic rings. The third kappa shape index (κ3) is 6.54. The summed E-state index contributed by atoms with van der Waals surface area (Å²) in [6, 6.07) is 12.5. The van der Waals surface area contributed by atoms with Crippen molar-refractivity contribution in [1.29, 1.82) is 0 Å². The SMILES string of the molecule is CC(=O)Nc1ncc(-c2cn(-c3cc(CC(=O)c4cc(CN5CCCC5)cc(C(C)(C)C)c4)ccc3C)nn2)s1. The third-order valence-electron chi connectivity index (χ3n) is 7.21. The van der Waals surface area contributed by atoms with E-state index in [0.29, 0.717) is 17.2 Å². The minimum absolute atomic E-state index is 0.0428. The fourth-order valence-electron chi connectivity index (χ4n) is 4.97. The summed E-state index contributed by atoms with van der Waals surface area (Å²) in [5, 5.41) is 11.9. The number of Topliss-reactive ketones (excluding diaryl/α,β-unsaturated/α-hetero) is 1. The van der Waals surface area contributed by atoms with Gasteiger partial charge >= 0.3 is 0 Å². The molecule has 0 spiro atoms. The number of benzene rings is 2. The fraction of sp³-hybridized carbons (Fsp3) is 0.387. The molecule has 40 heavy (non-hydrogen) atoms. The van der Waals surface area contributed by atoms with E-state index in [2.05, 4.69) is 64.5 Å². The van der Waals surface area contributed by atoms with Crippen molar-refractivity contribution in [2.75, 3.05) is 18.4 Å². The molecule has 2 aromatic carbocycles. The first-order chi connectivity index (χ1) is 19.0. The van der Waals surface area contributed by atoms with Gasteiger partial charge in [0.15, 0.2) is 10.9 Å². The lowest BCUT2D eigenvalue weighted by Gasteiger charge is -2.23. The Balaban J connectivity index is 1.37. The highest BCUT2D eigenvalue weighted by Gasteiger charge is 2.20. The molecule has 3 heterocycles. The highest BCUT2D eigenvalue weighted by molar-refractivity contribution is 7.19. The number of thiazole rings is 1. The van der Waals surface area contributed by atoms with E-state index in [1.807, 2.05) is 31.3 Å². The van der Waals surface area contributed by atoms with Crippen LogP contribution in [0, 0.1) is 6.92 Å². The molecule has 1 amide bonds. The van der Waals surface area contributed by atoms with Crippen LogP contribution in [-0.4, -0.2) is 49.7 Å². The Hall–Kier alpha value is -3.69. The second-order valence-electron chi connectivity index (χ2n) is 11.6.